The summed E-state index contributed by atoms with van der Waals surface area (Å²) in [5.41, 5.74) is 0.120. The van der Waals surface area contributed by atoms with E-state index in [0.29, 0.717) is 0 Å². The van der Waals surface area contributed by atoms with E-state index in [0.717, 1.165) is 6.07 Å². The molecule has 0 fully saturated rings. The lowest BCUT2D eigenvalue weighted by Gasteiger charge is -2.15. The number of sulfonamides is 1. The largest absolute Gasteiger partial charge is 0.391 e. The number of aliphatic hydroxyl groups excluding tert-OH is 1. The van der Waals surface area contributed by atoms with Gasteiger partial charge >= 0.3 is 0 Å². The second-order valence-corrected chi connectivity index (χ2v) is 6.64. The summed E-state index contributed by atoms with van der Waals surface area (Å²) in [7, 11) is -3.77. The molecule has 1 unspecified atom stereocenters. The van der Waals surface area contributed by atoms with Crippen molar-refractivity contribution in [3.05, 3.63) is 35.1 Å². The summed E-state index contributed by atoms with van der Waals surface area (Å²) in [6.07, 6.45) is -0.805. The first-order valence-corrected chi connectivity index (χ1v) is 7.74. The van der Waals surface area contributed by atoms with E-state index in [4.69, 9.17) is 5.26 Å². The maximum Gasteiger partial charge on any atom is 0.215 e. The Kier molecular flexibility index (Phi) is 5.62. The molecule has 110 valence electrons. The number of aliphatic hydroxyl groups is 1. The van der Waals surface area contributed by atoms with Gasteiger partial charge in [0, 0.05) is 12.1 Å². The summed E-state index contributed by atoms with van der Waals surface area (Å²) in [4.78, 5) is 0. The van der Waals surface area contributed by atoms with E-state index in [1.165, 1.54) is 12.1 Å². The molecule has 1 rings (SSSR count). The zero-order valence-electron chi connectivity index (χ0n) is 11.3. The summed E-state index contributed by atoms with van der Waals surface area (Å²) < 4.78 is 39.4. The van der Waals surface area contributed by atoms with Crippen molar-refractivity contribution in [2.24, 2.45) is 5.92 Å². The number of nitriles is 1. The van der Waals surface area contributed by atoms with Gasteiger partial charge in [-0.25, -0.2) is 17.5 Å². The molecule has 1 atom stereocenters. The van der Waals surface area contributed by atoms with Gasteiger partial charge in [-0.05, 0) is 24.1 Å². The second kappa shape index (κ2) is 6.79. The van der Waals surface area contributed by atoms with Gasteiger partial charge in [-0.2, -0.15) is 5.26 Å². The minimum atomic E-state index is -3.77. The molecule has 0 heterocycles. The first-order valence-electron chi connectivity index (χ1n) is 6.09. The Bertz CT molecular complexity index is 609. The number of hydrogen-bond donors (Lipinski definition) is 2. The van der Waals surface area contributed by atoms with Crippen LogP contribution in [0.5, 0.6) is 0 Å². The average molecular weight is 300 g/mol. The molecular weight excluding hydrogens is 283 g/mol. The molecule has 2 N–H and O–H groups in total. The molecule has 0 amide bonds. The standard InChI is InChI=1S/C13H17FN2O3S/c1-9(2)13(17)7-16-20(18,19)8-11-5-10(6-15)3-4-12(11)14/h3-5,9,13,16-17H,7-8H2,1-2H3. The molecule has 7 heteroatoms. The Morgan fingerprint density at radius 1 is 1.45 bits per heavy atom. The van der Waals surface area contributed by atoms with Crippen molar-refractivity contribution >= 4 is 10.0 Å². The molecule has 0 saturated carbocycles. The van der Waals surface area contributed by atoms with Crippen LogP contribution in [0.1, 0.15) is 25.0 Å². The zero-order chi connectivity index (χ0) is 15.3. The third-order valence-corrected chi connectivity index (χ3v) is 4.10. The fourth-order valence-corrected chi connectivity index (χ4v) is 2.62. The first kappa shape index (κ1) is 16.6. The molecule has 5 nitrogen and oxygen atoms in total. The van der Waals surface area contributed by atoms with Gasteiger partial charge in [0.05, 0.1) is 23.5 Å². The van der Waals surface area contributed by atoms with Crippen LogP contribution in [0.15, 0.2) is 18.2 Å². The highest BCUT2D eigenvalue weighted by Gasteiger charge is 2.18. The van der Waals surface area contributed by atoms with E-state index in [1.54, 1.807) is 13.8 Å². The molecule has 0 aliphatic carbocycles. The highest BCUT2D eigenvalue weighted by Crippen LogP contribution is 2.13. The Morgan fingerprint density at radius 3 is 2.65 bits per heavy atom. The summed E-state index contributed by atoms with van der Waals surface area (Å²) in [5.74, 6) is -1.34. The minimum Gasteiger partial charge on any atom is -0.391 e. The maximum absolute atomic E-state index is 13.5. The topological polar surface area (TPSA) is 90.2 Å². The van der Waals surface area contributed by atoms with Gasteiger partial charge in [0.25, 0.3) is 0 Å². The monoisotopic (exact) mass is 300 g/mol. The van der Waals surface area contributed by atoms with Crippen LogP contribution in [0.4, 0.5) is 4.39 Å². The smallest absolute Gasteiger partial charge is 0.215 e. The number of halogens is 1. The van der Waals surface area contributed by atoms with Crippen LogP contribution in [0.2, 0.25) is 0 Å². The van der Waals surface area contributed by atoms with Crippen molar-refractivity contribution in [1.82, 2.24) is 4.72 Å². The highest BCUT2D eigenvalue weighted by molar-refractivity contribution is 7.88. The molecule has 0 aromatic heterocycles. The van der Waals surface area contributed by atoms with Crippen LogP contribution < -0.4 is 4.72 Å². The fraction of sp³-hybridized carbons (Fsp3) is 0.462. The third-order valence-electron chi connectivity index (χ3n) is 2.80. The summed E-state index contributed by atoms with van der Waals surface area (Å²) in [5, 5.41) is 18.3. The molecule has 0 radical (unpaired) electrons. The normalized spacial score (nSPS) is 13.2. The van der Waals surface area contributed by atoms with Crippen molar-refractivity contribution in [3.8, 4) is 6.07 Å². The zero-order valence-corrected chi connectivity index (χ0v) is 12.1. The maximum atomic E-state index is 13.5. The van der Waals surface area contributed by atoms with Crippen LogP contribution in [-0.2, 0) is 15.8 Å². The lowest BCUT2D eigenvalue weighted by atomic mass is 10.1. The first-order chi connectivity index (χ1) is 9.25. The number of hydrogen-bond acceptors (Lipinski definition) is 4. The molecular formula is C13H17FN2O3S. The summed E-state index contributed by atoms with van der Waals surface area (Å²) in [6, 6.07) is 5.37. The Balaban J connectivity index is 2.79. The Labute approximate surface area is 118 Å². The molecule has 1 aromatic rings. The molecule has 20 heavy (non-hydrogen) atoms. The molecule has 0 spiro atoms. The molecule has 0 bridgehead atoms. The predicted octanol–water partition coefficient (Wildman–Crippen LogP) is 1.13. The quantitative estimate of drug-likeness (QED) is 0.824. The van der Waals surface area contributed by atoms with Crippen molar-refractivity contribution in [1.29, 1.82) is 5.26 Å². The highest BCUT2D eigenvalue weighted by atomic mass is 32.2. The van der Waals surface area contributed by atoms with E-state index in [9.17, 15) is 17.9 Å². The SMILES string of the molecule is CC(C)C(O)CNS(=O)(=O)Cc1cc(C#N)ccc1F. The van der Waals surface area contributed by atoms with Gasteiger partial charge in [0.1, 0.15) is 5.82 Å². The molecule has 1 aromatic carbocycles. The Hall–Kier alpha value is -1.49. The minimum absolute atomic E-state index is 0.0735. The van der Waals surface area contributed by atoms with E-state index in [2.05, 4.69) is 4.72 Å². The molecule has 0 saturated heterocycles. The lowest BCUT2D eigenvalue weighted by molar-refractivity contribution is 0.129. The van der Waals surface area contributed by atoms with Crippen LogP contribution in [0.3, 0.4) is 0 Å². The van der Waals surface area contributed by atoms with E-state index in [-0.39, 0.29) is 23.6 Å². The number of nitrogens with zero attached hydrogens (tertiary/aromatic N) is 1. The summed E-state index contributed by atoms with van der Waals surface area (Å²) >= 11 is 0. The van der Waals surface area contributed by atoms with Crippen molar-refractivity contribution < 1.29 is 17.9 Å². The molecule has 0 aliphatic heterocycles. The summed E-state index contributed by atoms with van der Waals surface area (Å²) in [6.45, 7) is 3.39. The van der Waals surface area contributed by atoms with E-state index < -0.39 is 27.7 Å². The lowest BCUT2D eigenvalue weighted by Crippen LogP contribution is -2.35. The van der Waals surface area contributed by atoms with Gasteiger partial charge in [-0.15, -0.1) is 0 Å². The van der Waals surface area contributed by atoms with Crippen LogP contribution in [0, 0.1) is 23.1 Å². The van der Waals surface area contributed by atoms with Gasteiger partial charge in [-0.3, -0.25) is 0 Å². The Morgan fingerprint density at radius 2 is 2.10 bits per heavy atom. The van der Waals surface area contributed by atoms with Gasteiger partial charge in [-0.1, -0.05) is 13.8 Å². The number of rotatable bonds is 6. The van der Waals surface area contributed by atoms with E-state index in [1.807, 2.05) is 6.07 Å². The van der Waals surface area contributed by atoms with Crippen molar-refractivity contribution in [2.45, 2.75) is 25.7 Å². The predicted molar refractivity (Wildman–Crippen MR) is 72.6 cm³/mol. The fourth-order valence-electron chi connectivity index (χ4n) is 1.46. The van der Waals surface area contributed by atoms with Gasteiger partial charge in [0.15, 0.2) is 0 Å². The van der Waals surface area contributed by atoms with E-state index >= 15 is 0 Å². The molecule has 0 aliphatic rings. The second-order valence-electron chi connectivity index (χ2n) is 4.84. The van der Waals surface area contributed by atoms with Crippen molar-refractivity contribution in [3.63, 3.8) is 0 Å². The van der Waals surface area contributed by atoms with Gasteiger partial charge in [0.2, 0.25) is 10.0 Å². The van der Waals surface area contributed by atoms with Gasteiger partial charge < -0.3 is 5.11 Å². The van der Waals surface area contributed by atoms with Crippen LogP contribution in [0.25, 0.3) is 0 Å². The van der Waals surface area contributed by atoms with Crippen LogP contribution >= 0.6 is 0 Å². The van der Waals surface area contributed by atoms with Crippen molar-refractivity contribution in [2.75, 3.05) is 6.54 Å². The third kappa shape index (κ3) is 4.89. The number of nitrogens with one attached hydrogen (secondary N) is 1. The number of benzene rings is 1. The average Bonchev–Trinajstić information content (AvgIpc) is 2.38. The van der Waals surface area contributed by atoms with Crippen LogP contribution in [-0.4, -0.2) is 26.2 Å².